The Morgan fingerprint density at radius 1 is 2.00 bits per heavy atom. The van der Waals surface area contributed by atoms with Crippen molar-refractivity contribution in [3.05, 3.63) is 0 Å². The summed E-state index contributed by atoms with van der Waals surface area (Å²) in [6.07, 6.45) is 0. The van der Waals surface area contributed by atoms with Crippen molar-refractivity contribution in [2.45, 2.75) is 0 Å². The third-order valence-corrected chi connectivity index (χ3v) is 2.46. The predicted octanol–water partition coefficient (Wildman–Crippen LogP) is 0.0398. The number of hydrogen-bond acceptors (Lipinski definition) is 2. The van der Waals surface area contributed by atoms with Crippen LogP contribution in [0.2, 0.25) is 0 Å². The summed E-state index contributed by atoms with van der Waals surface area (Å²) in [4.78, 5) is 0. The van der Waals surface area contributed by atoms with Gasteiger partial charge in [0.1, 0.15) is 0 Å². The van der Waals surface area contributed by atoms with Crippen LogP contribution in [-0.2, 0) is 12.6 Å². The SMILES string of the molecule is [S-]C[Se]S. The van der Waals surface area contributed by atoms with Crippen molar-refractivity contribution >= 4 is 37.5 Å². The zero-order valence-corrected chi connectivity index (χ0v) is 5.39. The number of hydrogen-bond donors (Lipinski definition) is 1. The minimum absolute atomic E-state index is 0.426. The first-order valence-corrected chi connectivity index (χ1v) is 5.21. The zero-order valence-electron chi connectivity index (χ0n) is 1.97. The first-order valence-electron chi connectivity index (χ1n) is 0.760. The van der Waals surface area contributed by atoms with E-state index in [0.29, 0.717) is 13.8 Å². The van der Waals surface area contributed by atoms with Gasteiger partial charge in [0.2, 0.25) is 0 Å². The second kappa shape index (κ2) is 4.22. The Hall–Kier alpha value is 1.22. The van der Waals surface area contributed by atoms with E-state index in [1.54, 1.807) is 0 Å². The summed E-state index contributed by atoms with van der Waals surface area (Å²) in [6, 6.07) is 0. The van der Waals surface area contributed by atoms with Crippen LogP contribution in [-0.4, -0.2) is 18.5 Å². The topological polar surface area (TPSA) is 0 Å². The van der Waals surface area contributed by atoms with Crippen molar-refractivity contribution in [3.63, 3.8) is 0 Å². The summed E-state index contributed by atoms with van der Waals surface area (Å²) < 4.78 is 0.829. The Kier molecular flexibility index (Phi) is 5.51. The summed E-state index contributed by atoms with van der Waals surface area (Å²) >= 11 is 8.81. The van der Waals surface area contributed by atoms with E-state index < -0.39 is 0 Å². The molecule has 0 bridgehead atoms. The second-order valence-corrected chi connectivity index (χ2v) is 3.85. The molecule has 0 N–H and O–H groups in total. The Morgan fingerprint density at radius 2 is 2.25 bits per heavy atom. The standard InChI is InChI=1S/CH4S2Se/c2-1-4-3/h2-3H,1H2/p-1. The van der Waals surface area contributed by atoms with Gasteiger partial charge in [0.25, 0.3) is 0 Å². The van der Waals surface area contributed by atoms with E-state index in [1.807, 2.05) is 0 Å². The molecule has 0 saturated carbocycles. The van der Waals surface area contributed by atoms with Crippen LogP contribution in [0.1, 0.15) is 0 Å². The molecule has 26 valence electrons. The molecule has 0 aliphatic carbocycles. The maximum atomic E-state index is 4.50. The van der Waals surface area contributed by atoms with E-state index in [1.165, 1.54) is 0 Å². The van der Waals surface area contributed by atoms with E-state index >= 15 is 0 Å². The first-order chi connectivity index (χ1) is 1.91. The molecule has 0 aliphatic rings. The maximum absolute atomic E-state index is 4.50. The second-order valence-electron chi connectivity index (χ2n) is 0.247. The average molecular weight is 158 g/mol. The van der Waals surface area contributed by atoms with Gasteiger partial charge in [-0.3, -0.25) is 0 Å². The minimum atomic E-state index is 0.426. The fraction of sp³-hybridized carbons (Fsp3) is 1.00. The van der Waals surface area contributed by atoms with Crippen LogP contribution in [0.5, 0.6) is 0 Å². The van der Waals surface area contributed by atoms with Crippen LogP contribution in [0, 0.1) is 0 Å². The summed E-state index contributed by atoms with van der Waals surface area (Å²) in [5.41, 5.74) is 0. The predicted molar refractivity (Wildman–Crippen MR) is 27.0 cm³/mol. The van der Waals surface area contributed by atoms with Gasteiger partial charge in [-0.15, -0.1) is 0 Å². The van der Waals surface area contributed by atoms with Crippen LogP contribution >= 0.6 is 11.0 Å². The van der Waals surface area contributed by atoms with Crippen molar-refractivity contribution in [3.8, 4) is 0 Å². The van der Waals surface area contributed by atoms with E-state index in [2.05, 4.69) is 23.7 Å². The molecular formula is CH3S2Se-. The van der Waals surface area contributed by atoms with Crippen LogP contribution in [0.4, 0.5) is 0 Å². The molecule has 0 nitrogen and oxygen atoms in total. The zero-order chi connectivity index (χ0) is 3.41. The Morgan fingerprint density at radius 3 is 2.25 bits per heavy atom. The summed E-state index contributed by atoms with van der Waals surface area (Å²) in [7, 11) is 0. The molecule has 0 aromatic rings. The van der Waals surface area contributed by atoms with Gasteiger partial charge < -0.3 is 0 Å². The van der Waals surface area contributed by atoms with Crippen LogP contribution in [0.25, 0.3) is 0 Å². The Labute approximate surface area is 42.4 Å². The normalized spacial score (nSPS) is 7.50. The molecule has 0 heterocycles. The molecule has 0 radical (unpaired) electrons. The van der Waals surface area contributed by atoms with Crippen molar-refractivity contribution in [1.29, 1.82) is 0 Å². The molecule has 3 heteroatoms. The molecule has 0 fully saturated rings. The molecule has 0 saturated heterocycles. The van der Waals surface area contributed by atoms with Gasteiger partial charge in [0, 0.05) is 0 Å². The fourth-order valence-corrected chi connectivity index (χ4v) is 0. The summed E-state index contributed by atoms with van der Waals surface area (Å²) in [5, 5.41) is 0. The van der Waals surface area contributed by atoms with Crippen LogP contribution in [0.15, 0.2) is 0 Å². The molecule has 0 spiro atoms. The van der Waals surface area contributed by atoms with E-state index in [4.69, 9.17) is 0 Å². The first kappa shape index (κ1) is 5.22. The Bertz CT molecular complexity index is 8.00. The van der Waals surface area contributed by atoms with Gasteiger partial charge >= 0.3 is 42.2 Å². The Balaban J connectivity index is 1.97. The van der Waals surface area contributed by atoms with Crippen molar-refractivity contribution < 1.29 is 0 Å². The van der Waals surface area contributed by atoms with E-state index in [0.717, 1.165) is 4.65 Å². The molecule has 0 unspecified atom stereocenters. The number of thiol groups is 1. The quantitative estimate of drug-likeness (QED) is 0.319. The van der Waals surface area contributed by atoms with Gasteiger partial charge in [0.15, 0.2) is 0 Å². The van der Waals surface area contributed by atoms with Gasteiger partial charge in [-0.05, 0) is 0 Å². The van der Waals surface area contributed by atoms with Gasteiger partial charge in [-0.2, -0.15) is 0 Å². The van der Waals surface area contributed by atoms with E-state index in [9.17, 15) is 0 Å². The molecular weight excluding hydrogens is 155 g/mol. The summed E-state index contributed by atoms with van der Waals surface area (Å²) in [5.74, 6) is 0. The van der Waals surface area contributed by atoms with E-state index in [-0.39, 0.29) is 0 Å². The molecule has 0 amide bonds. The molecule has 0 aromatic carbocycles. The molecule has 0 rings (SSSR count). The molecule has 0 atom stereocenters. The third-order valence-electron chi connectivity index (χ3n) is 0.0527. The van der Waals surface area contributed by atoms with Crippen LogP contribution < -0.4 is 0 Å². The molecule has 0 aliphatic heterocycles. The average Bonchev–Trinajstić information content (AvgIpc) is 1.37. The van der Waals surface area contributed by atoms with Gasteiger partial charge in [-0.25, -0.2) is 0 Å². The molecule has 4 heavy (non-hydrogen) atoms. The van der Waals surface area contributed by atoms with Crippen molar-refractivity contribution in [2.24, 2.45) is 0 Å². The van der Waals surface area contributed by atoms with Crippen molar-refractivity contribution in [2.75, 3.05) is 4.65 Å². The van der Waals surface area contributed by atoms with Crippen LogP contribution in [0.3, 0.4) is 0 Å². The molecule has 0 aromatic heterocycles. The fourth-order valence-electron chi connectivity index (χ4n) is 0. The number of rotatable bonds is 1. The monoisotopic (exact) mass is 159 g/mol. The third kappa shape index (κ3) is 3.22. The van der Waals surface area contributed by atoms with Crippen molar-refractivity contribution in [1.82, 2.24) is 0 Å². The van der Waals surface area contributed by atoms with Gasteiger partial charge in [0.05, 0.1) is 0 Å². The summed E-state index contributed by atoms with van der Waals surface area (Å²) in [6.45, 7) is 0. The van der Waals surface area contributed by atoms with Gasteiger partial charge in [-0.1, -0.05) is 0 Å².